The first-order valence-electron chi connectivity index (χ1n) is 13.4. The van der Waals surface area contributed by atoms with Gasteiger partial charge in [-0.25, -0.2) is 14.8 Å². The lowest BCUT2D eigenvalue weighted by Crippen LogP contribution is -2.42. The molecule has 0 unspecified atom stereocenters. The second-order valence-corrected chi connectivity index (χ2v) is 10.3. The molecule has 0 atom stereocenters. The van der Waals surface area contributed by atoms with E-state index in [1.54, 1.807) is 18.2 Å². The Bertz CT molecular complexity index is 1500. The van der Waals surface area contributed by atoms with Gasteiger partial charge in [-0.3, -0.25) is 4.79 Å². The van der Waals surface area contributed by atoms with Crippen LogP contribution in [0.3, 0.4) is 0 Å². The highest BCUT2D eigenvalue weighted by Crippen LogP contribution is 2.34. The van der Waals surface area contributed by atoms with E-state index in [9.17, 15) is 9.59 Å². The molecule has 2 aliphatic rings. The van der Waals surface area contributed by atoms with Gasteiger partial charge in [0, 0.05) is 55.1 Å². The largest absolute Gasteiger partial charge is 0.354 e. The summed E-state index contributed by atoms with van der Waals surface area (Å²) in [6.07, 6.45) is 8.14. The molecule has 1 fully saturated rings. The first kappa shape index (κ1) is 24.2. The Hall–Kier alpha value is -4.20. The molecular formula is C30H32N6O2. The lowest BCUT2D eigenvalue weighted by Gasteiger charge is -2.32. The van der Waals surface area contributed by atoms with Gasteiger partial charge in [0.15, 0.2) is 5.78 Å². The van der Waals surface area contributed by atoms with Gasteiger partial charge < -0.3 is 20.1 Å². The van der Waals surface area contributed by atoms with Crippen molar-refractivity contribution in [2.24, 2.45) is 5.92 Å². The van der Waals surface area contributed by atoms with Gasteiger partial charge in [0.05, 0.1) is 16.9 Å². The molecule has 0 aliphatic carbocycles. The summed E-state index contributed by atoms with van der Waals surface area (Å²) in [6, 6.07) is 15.5. The van der Waals surface area contributed by atoms with Crippen molar-refractivity contribution in [3.63, 3.8) is 0 Å². The molecule has 2 aromatic carbocycles. The maximum Gasteiger partial charge on any atom is 0.321 e. The number of nitrogens with one attached hydrogen (secondary N) is 2. The molecule has 0 saturated carbocycles. The normalized spacial score (nSPS) is 15.4. The Balaban J connectivity index is 1.06. The van der Waals surface area contributed by atoms with E-state index in [1.807, 2.05) is 23.2 Å². The molecule has 2 amide bonds. The van der Waals surface area contributed by atoms with Gasteiger partial charge in [0.25, 0.3) is 0 Å². The van der Waals surface area contributed by atoms with Crippen molar-refractivity contribution in [3.8, 4) is 11.3 Å². The van der Waals surface area contributed by atoms with E-state index >= 15 is 0 Å². The summed E-state index contributed by atoms with van der Waals surface area (Å²) in [5.74, 6) is 0.996. The molecule has 194 valence electrons. The van der Waals surface area contributed by atoms with Crippen LogP contribution in [0.5, 0.6) is 0 Å². The van der Waals surface area contributed by atoms with Crippen molar-refractivity contribution in [1.82, 2.24) is 19.4 Å². The number of carbonyl (C=O) groups is 2. The highest BCUT2D eigenvalue weighted by Gasteiger charge is 2.24. The number of aromatic nitrogens is 3. The molecule has 0 spiro atoms. The Morgan fingerprint density at radius 1 is 1.03 bits per heavy atom. The number of anilines is 2. The first-order chi connectivity index (χ1) is 18.6. The van der Waals surface area contributed by atoms with Gasteiger partial charge in [0.1, 0.15) is 0 Å². The lowest BCUT2D eigenvalue weighted by molar-refractivity contribution is 0.101. The number of hydrogen-bond acceptors (Lipinski definition) is 5. The monoisotopic (exact) mass is 508 g/mol. The van der Waals surface area contributed by atoms with Crippen molar-refractivity contribution in [2.75, 3.05) is 30.3 Å². The summed E-state index contributed by atoms with van der Waals surface area (Å²) in [5.41, 5.74) is 5.92. The third-order valence-corrected chi connectivity index (χ3v) is 7.76. The number of aryl methyl sites for hydroxylation is 2. The van der Waals surface area contributed by atoms with Crippen LogP contribution in [0, 0.1) is 5.92 Å². The lowest BCUT2D eigenvalue weighted by atomic mass is 9.97. The maximum atomic E-state index is 12.8. The van der Waals surface area contributed by atoms with Gasteiger partial charge in [-0.05, 0) is 62.3 Å². The molecule has 8 nitrogen and oxygen atoms in total. The average Bonchev–Trinajstić information content (AvgIpc) is 3.33. The van der Waals surface area contributed by atoms with E-state index in [2.05, 4.69) is 44.6 Å². The highest BCUT2D eigenvalue weighted by molar-refractivity contribution is 6.03. The van der Waals surface area contributed by atoms with E-state index in [-0.39, 0.29) is 11.8 Å². The number of carbonyl (C=O) groups excluding carboxylic acids is 2. The predicted molar refractivity (Wildman–Crippen MR) is 150 cm³/mol. The molecule has 38 heavy (non-hydrogen) atoms. The molecule has 1 saturated heterocycles. The van der Waals surface area contributed by atoms with E-state index in [4.69, 9.17) is 4.98 Å². The average molecular weight is 509 g/mol. The van der Waals surface area contributed by atoms with Crippen LogP contribution in [-0.4, -0.2) is 50.9 Å². The third-order valence-electron chi connectivity index (χ3n) is 7.76. The number of piperidine rings is 1. The molecule has 6 rings (SSSR count). The summed E-state index contributed by atoms with van der Waals surface area (Å²) >= 11 is 0. The molecular weight excluding hydrogens is 476 g/mol. The van der Waals surface area contributed by atoms with Crippen molar-refractivity contribution in [1.29, 1.82) is 0 Å². The number of nitrogens with zero attached hydrogens (tertiary/aromatic N) is 4. The number of hydrogen-bond donors (Lipinski definition) is 2. The summed E-state index contributed by atoms with van der Waals surface area (Å²) in [5, 5.41) is 7.60. The van der Waals surface area contributed by atoms with Crippen molar-refractivity contribution in [3.05, 3.63) is 72.1 Å². The van der Waals surface area contributed by atoms with E-state index < -0.39 is 0 Å². The summed E-state index contributed by atoms with van der Waals surface area (Å²) < 4.78 is 2.36. The molecule has 0 radical (unpaired) electrons. The van der Waals surface area contributed by atoms with Crippen molar-refractivity contribution < 1.29 is 9.59 Å². The number of para-hydroxylation sites is 2. The molecule has 8 heteroatoms. The van der Waals surface area contributed by atoms with Crippen LogP contribution >= 0.6 is 0 Å². The second-order valence-electron chi connectivity index (χ2n) is 10.3. The highest BCUT2D eigenvalue weighted by atomic mass is 16.2. The van der Waals surface area contributed by atoms with Gasteiger partial charge >= 0.3 is 6.03 Å². The molecule has 0 bridgehead atoms. The maximum absolute atomic E-state index is 12.8. The van der Waals surface area contributed by atoms with Gasteiger partial charge in [-0.1, -0.05) is 30.3 Å². The zero-order valence-corrected chi connectivity index (χ0v) is 21.6. The minimum absolute atomic E-state index is 0.0637. The van der Waals surface area contributed by atoms with Crippen LogP contribution in [0.15, 0.2) is 60.9 Å². The number of benzene rings is 2. The summed E-state index contributed by atoms with van der Waals surface area (Å²) in [6.45, 7) is 4.66. The van der Waals surface area contributed by atoms with E-state index in [0.717, 1.165) is 43.6 Å². The van der Waals surface area contributed by atoms with Crippen LogP contribution in [0.25, 0.3) is 22.2 Å². The smallest absolute Gasteiger partial charge is 0.321 e. The number of amides is 2. The Kier molecular flexibility index (Phi) is 6.54. The predicted octanol–water partition coefficient (Wildman–Crippen LogP) is 5.60. The number of urea groups is 1. The van der Waals surface area contributed by atoms with Crippen molar-refractivity contribution >= 4 is 34.4 Å². The zero-order valence-electron chi connectivity index (χ0n) is 21.6. The van der Waals surface area contributed by atoms with Gasteiger partial charge in [-0.2, -0.15) is 0 Å². The fourth-order valence-corrected chi connectivity index (χ4v) is 5.72. The number of Topliss-reactive ketones (excluding diaryl/α,β-unsaturated/α-hetero) is 1. The Labute approximate surface area is 222 Å². The third kappa shape index (κ3) is 4.74. The minimum atomic E-state index is -0.160. The quantitative estimate of drug-likeness (QED) is 0.331. The van der Waals surface area contributed by atoms with Crippen LogP contribution < -0.4 is 10.6 Å². The van der Waals surface area contributed by atoms with Crippen molar-refractivity contribution in [2.45, 2.75) is 39.2 Å². The van der Waals surface area contributed by atoms with Crippen LogP contribution in [-0.2, 0) is 13.0 Å². The molecule has 2 N–H and O–H groups in total. The Morgan fingerprint density at radius 3 is 2.71 bits per heavy atom. The van der Waals surface area contributed by atoms with Crippen LogP contribution in [0.2, 0.25) is 0 Å². The van der Waals surface area contributed by atoms with Gasteiger partial charge in [0.2, 0.25) is 5.95 Å². The summed E-state index contributed by atoms with van der Waals surface area (Å²) in [4.78, 5) is 35.8. The van der Waals surface area contributed by atoms with E-state index in [0.29, 0.717) is 36.2 Å². The molecule has 4 aromatic rings. The van der Waals surface area contributed by atoms with E-state index in [1.165, 1.54) is 29.8 Å². The first-order valence-corrected chi connectivity index (χ1v) is 13.4. The standard InChI is InChI=1S/C30H32N6O2/c1-20(37)23-8-2-3-10-26(23)34-30(38)35-16-12-21(13-17-35)18-32-29-31-14-11-27(33-29)25-19-36-15-5-7-22-6-4-9-24(25)28(22)36/h2-4,6,8-11,14,19,21H,5,7,12-13,15-18H2,1H3,(H,34,38)(H,31,32,33). The van der Waals surface area contributed by atoms with Gasteiger partial charge in [-0.15, -0.1) is 0 Å². The fourth-order valence-electron chi connectivity index (χ4n) is 5.72. The second kappa shape index (κ2) is 10.3. The number of ketones is 1. The minimum Gasteiger partial charge on any atom is -0.354 e. The summed E-state index contributed by atoms with van der Waals surface area (Å²) in [7, 11) is 0. The van der Waals surface area contributed by atoms with Crippen LogP contribution in [0.1, 0.15) is 42.1 Å². The zero-order chi connectivity index (χ0) is 26.1. The van der Waals surface area contributed by atoms with Crippen LogP contribution in [0.4, 0.5) is 16.4 Å². The Morgan fingerprint density at radius 2 is 1.87 bits per heavy atom. The number of likely N-dealkylation sites (tertiary alicyclic amines) is 1. The SMILES string of the molecule is CC(=O)c1ccccc1NC(=O)N1CCC(CNc2nccc(-c3cn4c5c(cccc35)CCC4)n2)CC1. The topological polar surface area (TPSA) is 92.2 Å². The molecule has 2 aliphatic heterocycles. The fraction of sp³-hybridized carbons (Fsp3) is 0.333. The molecule has 4 heterocycles. The molecule has 2 aromatic heterocycles. The number of rotatable bonds is 6.